The van der Waals surface area contributed by atoms with Crippen molar-refractivity contribution in [1.29, 1.82) is 0 Å². The molecule has 0 amide bonds. The molecule has 0 aliphatic heterocycles. The summed E-state index contributed by atoms with van der Waals surface area (Å²) in [7, 11) is 0. The Bertz CT molecular complexity index is 443. The normalized spacial score (nSPS) is 14.4. The largest absolute Gasteiger partial charge is 0.0958 e. The van der Waals surface area contributed by atoms with E-state index in [0.29, 0.717) is 0 Å². The van der Waals surface area contributed by atoms with Gasteiger partial charge in [-0.15, -0.1) is 0 Å². The van der Waals surface area contributed by atoms with Crippen LogP contribution in [0.15, 0.2) is 47.1 Å². The maximum absolute atomic E-state index is 4.27. The molecule has 2 unspecified atom stereocenters. The third-order valence-electron chi connectivity index (χ3n) is 5.10. The Morgan fingerprint density at radius 2 is 1.24 bits per heavy atom. The molecule has 25 heavy (non-hydrogen) atoms. The summed E-state index contributed by atoms with van der Waals surface area (Å²) in [5.41, 5.74) is 6.11. The lowest BCUT2D eigenvalue weighted by atomic mass is 9.86. The molecule has 0 N–H and O–H groups in total. The summed E-state index contributed by atoms with van der Waals surface area (Å²) in [5, 5.41) is 0. The van der Waals surface area contributed by atoms with Crippen molar-refractivity contribution in [1.82, 2.24) is 0 Å². The molecular weight excluding hydrogens is 300 g/mol. The molecule has 0 spiro atoms. The van der Waals surface area contributed by atoms with E-state index in [0.717, 1.165) is 35.3 Å². The van der Waals surface area contributed by atoms with E-state index >= 15 is 0 Å². The molecule has 0 aromatic carbocycles. The molecule has 0 aliphatic rings. The smallest absolute Gasteiger partial charge is 0.0271 e. The van der Waals surface area contributed by atoms with E-state index in [9.17, 15) is 0 Å². The van der Waals surface area contributed by atoms with E-state index in [-0.39, 0.29) is 22.3 Å². The van der Waals surface area contributed by atoms with E-state index in [4.69, 9.17) is 0 Å². The Hall–Kier alpha value is -1.04. The Morgan fingerprint density at radius 1 is 0.760 bits per heavy atom. The molecule has 0 saturated heterocycles. The number of hydrogen-bond acceptors (Lipinski definition) is 0. The Balaban J connectivity index is -0.000000735. The van der Waals surface area contributed by atoms with Crippen molar-refractivity contribution in [3.8, 4) is 0 Å². The lowest BCUT2D eigenvalue weighted by Crippen LogP contribution is -2.08. The third-order valence-corrected chi connectivity index (χ3v) is 5.10. The molecule has 0 nitrogen and oxygen atoms in total. The molecule has 2 atom stereocenters. The zero-order chi connectivity index (χ0) is 17.4. The van der Waals surface area contributed by atoms with Gasteiger partial charge in [0.2, 0.25) is 0 Å². The number of hydrogen-bond donors (Lipinski definition) is 0. The Labute approximate surface area is 162 Å². The fourth-order valence-corrected chi connectivity index (χ4v) is 2.44. The van der Waals surface area contributed by atoms with Crippen LogP contribution in [0.4, 0.5) is 0 Å². The van der Waals surface area contributed by atoms with Gasteiger partial charge >= 0.3 is 0 Å². The third kappa shape index (κ3) is 12.0. The van der Waals surface area contributed by atoms with Crippen LogP contribution in [0.25, 0.3) is 0 Å². The lowest BCUT2D eigenvalue weighted by Gasteiger charge is -2.20. The molecule has 0 heteroatoms. The highest BCUT2D eigenvalue weighted by molar-refractivity contribution is 5.48. The van der Waals surface area contributed by atoms with Gasteiger partial charge in [0.1, 0.15) is 0 Å². The maximum Gasteiger partial charge on any atom is -0.0271 e. The van der Waals surface area contributed by atoms with Crippen molar-refractivity contribution in [2.45, 2.75) is 96.9 Å². The Kier molecular flexibility index (Phi) is 19.3. The van der Waals surface area contributed by atoms with Crippen LogP contribution in [0, 0.1) is 17.8 Å². The van der Waals surface area contributed by atoms with E-state index in [1.165, 1.54) is 29.6 Å². The van der Waals surface area contributed by atoms with E-state index < -0.39 is 0 Å². The molecule has 0 radical (unpaired) electrons. The first kappa shape index (κ1) is 31.7. The molecule has 0 fully saturated rings. The summed E-state index contributed by atoms with van der Waals surface area (Å²) in [5.74, 6) is 2.33. The fraction of sp³-hybridized carbons (Fsp3) is 0.680. The minimum atomic E-state index is 0. The van der Waals surface area contributed by atoms with E-state index in [2.05, 4.69) is 74.6 Å². The summed E-state index contributed by atoms with van der Waals surface area (Å²) >= 11 is 0. The van der Waals surface area contributed by atoms with Crippen LogP contribution < -0.4 is 0 Å². The minimum absolute atomic E-state index is 0. The second kappa shape index (κ2) is 15.2. The topological polar surface area (TPSA) is 0 Å². The van der Waals surface area contributed by atoms with Gasteiger partial charge in [-0.3, -0.25) is 0 Å². The second-order valence-corrected chi connectivity index (χ2v) is 7.56. The quantitative estimate of drug-likeness (QED) is 0.363. The zero-order valence-corrected chi connectivity index (χ0v) is 16.3. The SMILES string of the molecule is C.C.C.C=C(C)/C(C)=C(/C)C(=C)/C(C)=C/CC(C)C(C)CCC(C)C. The van der Waals surface area contributed by atoms with Crippen LogP contribution >= 0.6 is 0 Å². The number of allylic oxidation sites excluding steroid dienone is 6. The summed E-state index contributed by atoms with van der Waals surface area (Å²) in [6, 6.07) is 0. The second-order valence-electron chi connectivity index (χ2n) is 7.56. The molecule has 150 valence electrons. The predicted octanol–water partition coefficient (Wildman–Crippen LogP) is 9.41. The van der Waals surface area contributed by atoms with Gasteiger partial charge in [-0.25, -0.2) is 0 Å². The fourth-order valence-electron chi connectivity index (χ4n) is 2.44. The summed E-state index contributed by atoms with van der Waals surface area (Å²) in [6.07, 6.45) is 6.18. The molecule has 0 rings (SSSR count). The predicted molar refractivity (Wildman–Crippen MR) is 123 cm³/mol. The van der Waals surface area contributed by atoms with Crippen LogP contribution in [-0.2, 0) is 0 Å². The molecule has 0 aromatic rings. The van der Waals surface area contributed by atoms with Gasteiger partial charge in [0.05, 0.1) is 0 Å². The average molecular weight is 351 g/mol. The molecular formula is C25H50. The maximum atomic E-state index is 4.27. The molecule has 0 aromatic heterocycles. The highest BCUT2D eigenvalue weighted by Gasteiger charge is 2.12. The summed E-state index contributed by atoms with van der Waals surface area (Å²) < 4.78 is 0. The first-order valence-electron chi connectivity index (χ1n) is 8.77. The van der Waals surface area contributed by atoms with Crippen molar-refractivity contribution in [2.24, 2.45) is 17.8 Å². The van der Waals surface area contributed by atoms with Crippen LogP contribution in [0.1, 0.15) is 96.9 Å². The van der Waals surface area contributed by atoms with E-state index in [1.807, 2.05) is 0 Å². The van der Waals surface area contributed by atoms with Gasteiger partial charge in [-0.2, -0.15) is 0 Å². The van der Waals surface area contributed by atoms with Crippen LogP contribution in [-0.4, -0.2) is 0 Å². The highest BCUT2D eigenvalue weighted by Crippen LogP contribution is 2.26. The standard InChI is InChI=1S/C22H38.3CH4/c1-15(2)11-12-17(5)18(6)13-14-19(7)21(9)22(10)20(8)16(3)4;;;/h14-15,17-18H,3,9,11-13H2,1-2,4-8,10H3;3*1H4/b19-14+,22-20-;;;. The minimum Gasteiger partial charge on any atom is -0.0958 e. The Morgan fingerprint density at radius 3 is 1.64 bits per heavy atom. The highest BCUT2D eigenvalue weighted by atomic mass is 14.2. The van der Waals surface area contributed by atoms with Crippen molar-refractivity contribution in [3.05, 3.63) is 47.1 Å². The molecule has 0 aliphatic carbocycles. The van der Waals surface area contributed by atoms with Gasteiger partial charge in [0.15, 0.2) is 0 Å². The van der Waals surface area contributed by atoms with Crippen molar-refractivity contribution in [3.63, 3.8) is 0 Å². The van der Waals surface area contributed by atoms with E-state index in [1.54, 1.807) is 0 Å². The van der Waals surface area contributed by atoms with Crippen LogP contribution in [0.3, 0.4) is 0 Å². The summed E-state index contributed by atoms with van der Waals surface area (Å²) in [4.78, 5) is 0. The first-order valence-corrected chi connectivity index (χ1v) is 8.77. The monoisotopic (exact) mass is 350 g/mol. The number of rotatable bonds is 9. The van der Waals surface area contributed by atoms with Crippen molar-refractivity contribution >= 4 is 0 Å². The molecule has 0 heterocycles. The van der Waals surface area contributed by atoms with Crippen LogP contribution in [0.5, 0.6) is 0 Å². The van der Waals surface area contributed by atoms with Crippen LogP contribution in [0.2, 0.25) is 0 Å². The zero-order valence-electron chi connectivity index (χ0n) is 16.3. The summed E-state index contributed by atoms with van der Waals surface area (Å²) in [6.45, 7) is 26.2. The van der Waals surface area contributed by atoms with Crippen molar-refractivity contribution in [2.75, 3.05) is 0 Å². The van der Waals surface area contributed by atoms with Crippen molar-refractivity contribution < 1.29 is 0 Å². The van der Waals surface area contributed by atoms with Gasteiger partial charge in [0, 0.05) is 0 Å². The van der Waals surface area contributed by atoms with Gasteiger partial charge in [-0.05, 0) is 74.2 Å². The van der Waals surface area contributed by atoms with Gasteiger partial charge < -0.3 is 0 Å². The molecule has 0 bridgehead atoms. The average Bonchev–Trinajstić information content (AvgIpc) is 2.46. The lowest BCUT2D eigenvalue weighted by molar-refractivity contribution is 0.339. The molecule has 0 saturated carbocycles. The van der Waals surface area contributed by atoms with Gasteiger partial charge in [-0.1, -0.05) is 87.6 Å². The first-order chi connectivity index (χ1) is 10.1. The van der Waals surface area contributed by atoms with Gasteiger partial charge in [0.25, 0.3) is 0 Å².